The second-order valence-electron chi connectivity index (χ2n) is 5.46. The molecule has 0 aliphatic heterocycles. The quantitative estimate of drug-likeness (QED) is 0.621. The van der Waals surface area contributed by atoms with Crippen LogP contribution in [0.1, 0.15) is 10.5 Å². The molecule has 0 aliphatic rings. The fourth-order valence-corrected chi connectivity index (χ4v) is 2.56. The average molecular weight is 332 g/mol. The van der Waals surface area contributed by atoms with Crippen molar-refractivity contribution in [3.63, 3.8) is 0 Å². The first kappa shape index (κ1) is 15.0. The molecule has 0 fully saturated rings. The summed E-state index contributed by atoms with van der Waals surface area (Å²) in [5.41, 5.74) is 3.00. The number of rotatable bonds is 3. The van der Waals surface area contributed by atoms with E-state index in [0.717, 1.165) is 11.3 Å². The van der Waals surface area contributed by atoms with Crippen molar-refractivity contribution < 1.29 is 9.18 Å². The molecule has 1 N–H and O–H groups in total. The molecule has 5 nitrogen and oxygen atoms in total. The molecule has 0 atom stereocenters. The maximum absolute atomic E-state index is 13.1. The summed E-state index contributed by atoms with van der Waals surface area (Å²) in [6.45, 7) is 0. The van der Waals surface area contributed by atoms with Crippen molar-refractivity contribution in [1.29, 1.82) is 0 Å². The van der Waals surface area contributed by atoms with Gasteiger partial charge in [0.2, 0.25) is 0 Å². The van der Waals surface area contributed by atoms with Crippen molar-refractivity contribution in [1.82, 2.24) is 14.6 Å². The van der Waals surface area contributed by atoms with Gasteiger partial charge < -0.3 is 5.32 Å². The van der Waals surface area contributed by atoms with E-state index in [2.05, 4.69) is 15.4 Å². The number of benzene rings is 2. The highest BCUT2D eigenvalue weighted by Gasteiger charge is 2.14. The molecule has 4 aromatic rings. The molecule has 0 radical (unpaired) electrons. The van der Waals surface area contributed by atoms with Gasteiger partial charge >= 0.3 is 0 Å². The predicted octanol–water partition coefficient (Wildman–Crippen LogP) is 3.79. The highest BCUT2D eigenvalue weighted by Crippen LogP contribution is 2.20. The minimum absolute atomic E-state index is 0.255. The van der Waals surface area contributed by atoms with E-state index < -0.39 is 0 Å². The molecule has 2 aromatic heterocycles. The van der Waals surface area contributed by atoms with Crippen LogP contribution in [0.5, 0.6) is 0 Å². The van der Waals surface area contributed by atoms with E-state index in [9.17, 15) is 9.18 Å². The summed E-state index contributed by atoms with van der Waals surface area (Å²) < 4.78 is 14.7. The predicted molar refractivity (Wildman–Crippen MR) is 92.8 cm³/mol. The van der Waals surface area contributed by atoms with Crippen LogP contribution in [0.25, 0.3) is 16.9 Å². The van der Waals surface area contributed by atoms with Gasteiger partial charge in [0.25, 0.3) is 5.91 Å². The van der Waals surface area contributed by atoms with Crippen molar-refractivity contribution >= 4 is 17.2 Å². The average Bonchev–Trinajstić information content (AvgIpc) is 3.08. The molecule has 2 aromatic carbocycles. The van der Waals surface area contributed by atoms with Gasteiger partial charge in [-0.05, 0) is 42.5 Å². The summed E-state index contributed by atoms with van der Waals surface area (Å²) in [5.74, 6) is -0.626. The molecule has 122 valence electrons. The third kappa shape index (κ3) is 2.97. The molecule has 1 amide bonds. The van der Waals surface area contributed by atoms with Crippen LogP contribution >= 0.6 is 0 Å². The topological polar surface area (TPSA) is 59.3 Å². The van der Waals surface area contributed by atoms with Crippen LogP contribution in [0.2, 0.25) is 0 Å². The first-order valence-electron chi connectivity index (χ1n) is 7.68. The van der Waals surface area contributed by atoms with E-state index in [-0.39, 0.29) is 17.4 Å². The monoisotopic (exact) mass is 332 g/mol. The second-order valence-corrected chi connectivity index (χ2v) is 5.46. The number of anilines is 1. The highest BCUT2D eigenvalue weighted by atomic mass is 19.1. The number of amides is 1. The van der Waals surface area contributed by atoms with Gasteiger partial charge in [0.05, 0.1) is 5.69 Å². The molecule has 0 saturated carbocycles. The number of hydrogen-bond donors (Lipinski definition) is 1. The van der Waals surface area contributed by atoms with Gasteiger partial charge in [-0.3, -0.25) is 4.79 Å². The first-order valence-corrected chi connectivity index (χ1v) is 7.68. The maximum atomic E-state index is 13.1. The number of nitrogens with zero attached hydrogens (tertiary/aromatic N) is 3. The lowest BCUT2D eigenvalue weighted by molar-refractivity contribution is 0.102. The van der Waals surface area contributed by atoms with E-state index in [1.165, 1.54) is 12.1 Å². The zero-order valence-corrected chi connectivity index (χ0v) is 13.1. The zero-order valence-electron chi connectivity index (χ0n) is 13.1. The molecule has 25 heavy (non-hydrogen) atoms. The Morgan fingerprint density at radius 2 is 1.76 bits per heavy atom. The molecule has 0 unspecified atom stereocenters. The fraction of sp³-hybridized carbons (Fsp3) is 0. The number of carbonyl (C=O) groups is 1. The molecule has 0 aliphatic carbocycles. The first-order chi connectivity index (χ1) is 12.2. The second kappa shape index (κ2) is 6.16. The Hall–Kier alpha value is -3.54. The Kier molecular flexibility index (Phi) is 3.70. The summed E-state index contributed by atoms with van der Waals surface area (Å²) in [6.07, 6.45) is 1.63. The third-order valence-electron chi connectivity index (χ3n) is 3.76. The van der Waals surface area contributed by atoms with Crippen molar-refractivity contribution in [2.75, 3.05) is 5.32 Å². The molecule has 2 heterocycles. The standard InChI is InChI=1S/C19H13FN4O/c20-14-8-6-13(7-9-14)17-10-11-21-18-12-16(23-24(17)18)19(25)22-15-4-2-1-3-5-15/h1-12H,(H,22,25). The largest absolute Gasteiger partial charge is 0.321 e. The van der Waals surface area contributed by atoms with E-state index in [1.807, 2.05) is 18.2 Å². The van der Waals surface area contributed by atoms with Gasteiger partial charge in [-0.2, -0.15) is 5.10 Å². The smallest absolute Gasteiger partial charge is 0.276 e. The molecule has 0 saturated heterocycles. The zero-order chi connectivity index (χ0) is 17.2. The SMILES string of the molecule is O=C(Nc1ccccc1)c1cc2nccc(-c3ccc(F)cc3)n2n1. The van der Waals surface area contributed by atoms with E-state index in [4.69, 9.17) is 0 Å². The van der Waals surface area contributed by atoms with Gasteiger partial charge in [-0.15, -0.1) is 0 Å². The minimum Gasteiger partial charge on any atom is -0.321 e. The van der Waals surface area contributed by atoms with Crippen LogP contribution in [-0.4, -0.2) is 20.5 Å². The Balaban J connectivity index is 1.72. The van der Waals surface area contributed by atoms with Crippen LogP contribution in [0, 0.1) is 5.82 Å². The lowest BCUT2D eigenvalue weighted by Crippen LogP contribution is -2.12. The Labute approximate surface area is 142 Å². The van der Waals surface area contributed by atoms with Crippen LogP contribution in [0.15, 0.2) is 72.9 Å². The molecular weight excluding hydrogens is 319 g/mol. The van der Waals surface area contributed by atoms with Gasteiger partial charge in [0, 0.05) is 23.5 Å². The number of hydrogen-bond acceptors (Lipinski definition) is 3. The van der Waals surface area contributed by atoms with Crippen molar-refractivity contribution in [3.05, 3.63) is 84.4 Å². The minimum atomic E-state index is -0.318. The molecule has 0 spiro atoms. The Bertz CT molecular complexity index is 1040. The summed E-state index contributed by atoms with van der Waals surface area (Å²) >= 11 is 0. The summed E-state index contributed by atoms with van der Waals surface area (Å²) in [5, 5.41) is 7.15. The highest BCUT2D eigenvalue weighted by molar-refractivity contribution is 6.03. The number of fused-ring (bicyclic) bond motifs is 1. The van der Waals surface area contributed by atoms with Gasteiger partial charge in [0.15, 0.2) is 11.3 Å². The lowest BCUT2D eigenvalue weighted by atomic mass is 10.1. The molecule has 4 rings (SSSR count). The maximum Gasteiger partial charge on any atom is 0.276 e. The van der Waals surface area contributed by atoms with Crippen LogP contribution < -0.4 is 5.32 Å². The van der Waals surface area contributed by atoms with Crippen LogP contribution in [0.3, 0.4) is 0 Å². The summed E-state index contributed by atoms with van der Waals surface area (Å²) in [4.78, 5) is 16.7. The van der Waals surface area contributed by atoms with Gasteiger partial charge in [-0.25, -0.2) is 13.9 Å². The molecule has 0 bridgehead atoms. The fourth-order valence-electron chi connectivity index (χ4n) is 2.56. The van der Waals surface area contributed by atoms with E-state index >= 15 is 0 Å². The number of halogens is 1. The van der Waals surface area contributed by atoms with Gasteiger partial charge in [-0.1, -0.05) is 18.2 Å². The van der Waals surface area contributed by atoms with E-state index in [1.54, 1.807) is 47.1 Å². The van der Waals surface area contributed by atoms with Crippen molar-refractivity contribution in [2.45, 2.75) is 0 Å². The molecular formula is C19H13FN4O. The normalized spacial score (nSPS) is 10.8. The Morgan fingerprint density at radius 1 is 1.00 bits per heavy atom. The number of carbonyl (C=O) groups excluding carboxylic acids is 1. The lowest BCUT2D eigenvalue weighted by Gasteiger charge is -2.04. The van der Waals surface area contributed by atoms with Crippen LogP contribution in [-0.2, 0) is 0 Å². The van der Waals surface area contributed by atoms with Crippen molar-refractivity contribution in [3.8, 4) is 11.3 Å². The summed E-state index contributed by atoms with van der Waals surface area (Å²) in [6, 6.07) is 18.6. The van der Waals surface area contributed by atoms with Crippen LogP contribution in [0.4, 0.5) is 10.1 Å². The third-order valence-corrected chi connectivity index (χ3v) is 3.76. The number of para-hydroxylation sites is 1. The molecule has 6 heteroatoms. The summed E-state index contributed by atoms with van der Waals surface area (Å²) in [7, 11) is 0. The van der Waals surface area contributed by atoms with Gasteiger partial charge in [0.1, 0.15) is 5.82 Å². The number of aromatic nitrogens is 3. The Morgan fingerprint density at radius 3 is 2.52 bits per heavy atom. The van der Waals surface area contributed by atoms with E-state index in [0.29, 0.717) is 11.3 Å². The number of nitrogens with one attached hydrogen (secondary N) is 1. The van der Waals surface area contributed by atoms with Crippen molar-refractivity contribution in [2.24, 2.45) is 0 Å².